The summed E-state index contributed by atoms with van der Waals surface area (Å²) in [6.45, 7) is 12.7. The molecule has 0 spiro atoms. The molecule has 0 aromatic heterocycles. The molecule has 0 atom stereocenters. The zero-order chi connectivity index (χ0) is 14.3. The van der Waals surface area contributed by atoms with E-state index in [-0.39, 0.29) is 18.4 Å². The second kappa shape index (κ2) is 8.77. The number of carbonyl (C=O) groups excluding carboxylic acids is 1. The van der Waals surface area contributed by atoms with E-state index in [9.17, 15) is 4.79 Å². The van der Waals surface area contributed by atoms with Gasteiger partial charge in [0.25, 0.3) is 0 Å². The summed E-state index contributed by atoms with van der Waals surface area (Å²) in [5.41, 5.74) is 1.71. The van der Waals surface area contributed by atoms with E-state index in [1.54, 1.807) is 6.92 Å². The highest BCUT2D eigenvalue weighted by molar-refractivity contribution is 5.86. The summed E-state index contributed by atoms with van der Waals surface area (Å²) in [5, 5.41) is 0. The van der Waals surface area contributed by atoms with Crippen LogP contribution in [0.25, 0.3) is 0 Å². The van der Waals surface area contributed by atoms with Crippen molar-refractivity contribution < 1.29 is 21.9 Å². The van der Waals surface area contributed by atoms with E-state index in [0.717, 1.165) is 24.1 Å². The number of likely N-dealkylation sites (N-methyl/N-ethyl adjacent to an activating group) is 1. The summed E-state index contributed by atoms with van der Waals surface area (Å²) < 4.78 is 6.05. The number of ether oxygens (including phenoxy) is 1. The first-order chi connectivity index (χ1) is 9.05. The molecule has 0 bridgehead atoms. The first kappa shape index (κ1) is 18.7. The van der Waals surface area contributed by atoms with Crippen LogP contribution in [-0.4, -0.2) is 32.2 Å². The number of para-hydroxylation sites is 1. The Morgan fingerprint density at radius 1 is 1.20 bits per heavy atom. The fraction of sp³-hybridized carbons (Fsp3) is 0.438. The molecule has 0 unspecified atom stereocenters. The molecule has 1 rings (SSSR count). The minimum absolute atomic E-state index is 0. The number of esters is 1. The number of carbonyl (C=O) groups is 1. The van der Waals surface area contributed by atoms with Crippen molar-refractivity contribution in [2.24, 2.45) is 0 Å². The third-order valence-corrected chi connectivity index (χ3v) is 3.62. The monoisotopic (exact) mass is 297 g/mol. The van der Waals surface area contributed by atoms with Crippen molar-refractivity contribution in [3.05, 3.63) is 42.5 Å². The zero-order valence-corrected chi connectivity index (χ0v) is 13.3. The number of halogens is 1. The molecule has 1 aromatic rings. The van der Waals surface area contributed by atoms with Gasteiger partial charge in [0.1, 0.15) is 18.8 Å². The molecule has 3 nitrogen and oxygen atoms in total. The predicted octanol–water partition coefficient (Wildman–Crippen LogP) is 0.157. The van der Waals surface area contributed by atoms with Gasteiger partial charge in [-0.05, 0) is 32.9 Å². The Bertz CT molecular complexity index is 427. The maximum atomic E-state index is 11.4. The van der Waals surface area contributed by atoms with Crippen molar-refractivity contribution >= 4 is 11.7 Å². The molecular formula is C16H24ClNO2. The van der Waals surface area contributed by atoms with Gasteiger partial charge in [0.05, 0.1) is 13.1 Å². The Morgan fingerprint density at radius 2 is 1.75 bits per heavy atom. The molecule has 0 aliphatic rings. The average Bonchev–Trinajstić information content (AvgIpc) is 2.44. The molecule has 0 fully saturated rings. The van der Waals surface area contributed by atoms with Crippen LogP contribution < -0.4 is 16.9 Å². The summed E-state index contributed by atoms with van der Waals surface area (Å²) in [4.78, 5) is 11.4. The van der Waals surface area contributed by atoms with Gasteiger partial charge in [0, 0.05) is 5.57 Å². The van der Waals surface area contributed by atoms with Crippen LogP contribution in [-0.2, 0) is 9.53 Å². The van der Waals surface area contributed by atoms with Crippen LogP contribution in [0.15, 0.2) is 42.5 Å². The van der Waals surface area contributed by atoms with E-state index in [2.05, 4.69) is 32.6 Å². The standard InChI is InChI=1S/C16H24NO2.ClH/c1-5-17(6-2,15-10-8-7-9-11-15)12-13-19-16(18)14(3)4;/h7-11H,3,5-6,12-13H2,1-2,4H3;1H/q+1;/p-1. The van der Waals surface area contributed by atoms with E-state index in [1.165, 1.54) is 5.69 Å². The van der Waals surface area contributed by atoms with Crippen molar-refractivity contribution in [1.82, 2.24) is 4.48 Å². The Balaban J connectivity index is 0.00000361. The highest BCUT2D eigenvalue weighted by Crippen LogP contribution is 2.22. The summed E-state index contributed by atoms with van der Waals surface area (Å²) in [6, 6.07) is 10.4. The van der Waals surface area contributed by atoms with Crippen LogP contribution >= 0.6 is 0 Å². The quantitative estimate of drug-likeness (QED) is 0.407. The van der Waals surface area contributed by atoms with Crippen molar-refractivity contribution in [3.63, 3.8) is 0 Å². The number of benzene rings is 1. The highest BCUT2D eigenvalue weighted by Gasteiger charge is 2.26. The number of nitrogens with zero attached hydrogens (tertiary/aromatic N) is 1. The van der Waals surface area contributed by atoms with Gasteiger partial charge in [-0.3, -0.25) is 4.48 Å². The van der Waals surface area contributed by atoms with E-state index in [1.807, 2.05) is 18.2 Å². The van der Waals surface area contributed by atoms with Crippen LogP contribution in [0.1, 0.15) is 20.8 Å². The minimum Gasteiger partial charge on any atom is -1.00 e. The maximum Gasteiger partial charge on any atom is 0.333 e. The molecule has 0 amide bonds. The maximum absolute atomic E-state index is 11.4. The van der Waals surface area contributed by atoms with Crippen molar-refractivity contribution in [1.29, 1.82) is 0 Å². The molecule has 20 heavy (non-hydrogen) atoms. The molecule has 0 N–H and O–H groups in total. The van der Waals surface area contributed by atoms with Crippen LogP contribution in [0, 0.1) is 0 Å². The minimum atomic E-state index is -0.307. The van der Waals surface area contributed by atoms with Crippen LogP contribution in [0.3, 0.4) is 0 Å². The van der Waals surface area contributed by atoms with Crippen LogP contribution in [0.2, 0.25) is 0 Å². The number of hydrogen-bond acceptors (Lipinski definition) is 2. The van der Waals surface area contributed by atoms with Crippen molar-refractivity contribution in [2.45, 2.75) is 20.8 Å². The van der Waals surface area contributed by atoms with Crippen LogP contribution in [0.5, 0.6) is 0 Å². The molecule has 0 aliphatic heterocycles. The zero-order valence-electron chi connectivity index (χ0n) is 12.6. The number of rotatable bonds is 7. The first-order valence-corrected chi connectivity index (χ1v) is 6.80. The lowest BCUT2D eigenvalue weighted by molar-refractivity contribution is -0.139. The SMILES string of the molecule is C=C(C)C(=O)OCC[N+](CC)(CC)c1ccccc1.[Cl-]. The van der Waals surface area contributed by atoms with Gasteiger partial charge < -0.3 is 17.1 Å². The lowest BCUT2D eigenvalue weighted by atomic mass is 10.2. The topological polar surface area (TPSA) is 26.3 Å². The first-order valence-electron chi connectivity index (χ1n) is 6.80. The van der Waals surface area contributed by atoms with Gasteiger partial charge in [-0.25, -0.2) is 4.79 Å². The van der Waals surface area contributed by atoms with Gasteiger partial charge in [-0.2, -0.15) is 0 Å². The van der Waals surface area contributed by atoms with Gasteiger partial charge in [0.2, 0.25) is 0 Å². The van der Waals surface area contributed by atoms with Gasteiger partial charge in [0.15, 0.2) is 0 Å². The molecular weight excluding hydrogens is 274 g/mol. The average molecular weight is 298 g/mol. The Kier molecular flexibility index (Phi) is 8.19. The molecule has 0 radical (unpaired) electrons. The lowest BCUT2D eigenvalue weighted by Gasteiger charge is -2.36. The summed E-state index contributed by atoms with van der Waals surface area (Å²) in [5.74, 6) is -0.307. The van der Waals surface area contributed by atoms with Crippen LogP contribution in [0.4, 0.5) is 5.69 Å². The lowest BCUT2D eigenvalue weighted by Crippen LogP contribution is -3.00. The van der Waals surface area contributed by atoms with Gasteiger partial charge >= 0.3 is 5.97 Å². The second-order valence-electron chi connectivity index (χ2n) is 4.75. The summed E-state index contributed by atoms with van der Waals surface area (Å²) in [7, 11) is 0. The van der Waals surface area contributed by atoms with Crippen molar-refractivity contribution in [3.8, 4) is 0 Å². The largest absolute Gasteiger partial charge is 1.00 e. The van der Waals surface area contributed by atoms with E-state index >= 15 is 0 Å². The molecule has 0 saturated heterocycles. The Hall–Kier alpha value is -1.32. The summed E-state index contributed by atoms with van der Waals surface area (Å²) in [6.07, 6.45) is 0. The van der Waals surface area contributed by atoms with Gasteiger partial charge in [-0.15, -0.1) is 0 Å². The molecule has 0 aliphatic carbocycles. The fourth-order valence-electron chi connectivity index (χ4n) is 2.21. The number of quaternary nitrogens is 1. The van der Waals surface area contributed by atoms with Crippen molar-refractivity contribution in [2.75, 3.05) is 26.2 Å². The smallest absolute Gasteiger partial charge is 0.333 e. The third-order valence-electron chi connectivity index (χ3n) is 3.62. The van der Waals surface area contributed by atoms with E-state index in [0.29, 0.717) is 12.2 Å². The Labute approximate surface area is 128 Å². The molecule has 0 heterocycles. The molecule has 112 valence electrons. The molecule has 0 saturated carbocycles. The second-order valence-corrected chi connectivity index (χ2v) is 4.75. The summed E-state index contributed by atoms with van der Waals surface area (Å²) >= 11 is 0. The number of hydrogen-bond donors (Lipinski definition) is 0. The van der Waals surface area contributed by atoms with Gasteiger partial charge in [-0.1, -0.05) is 24.8 Å². The van der Waals surface area contributed by atoms with E-state index < -0.39 is 0 Å². The molecule has 4 heteroatoms. The highest BCUT2D eigenvalue weighted by atomic mass is 35.5. The third kappa shape index (κ3) is 4.66. The van der Waals surface area contributed by atoms with E-state index in [4.69, 9.17) is 4.74 Å². The normalized spacial score (nSPS) is 10.6. The fourth-order valence-corrected chi connectivity index (χ4v) is 2.21. The predicted molar refractivity (Wildman–Crippen MR) is 80.0 cm³/mol. The Morgan fingerprint density at radius 3 is 2.20 bits per heavy atom. The molecule has 1 aromatic carbocycles.